The van der Waals surface area contributed by atoms with Crippen LogP contribution in [0.4, 0.5) is 16.2 Å². The highest BCUT2D eigenvalue weighted by molar-refractivity contribution is 6.30. The molecule has 0 radical (unpaired) electrons. The van der Waals surface area contributed by atoms with Crippen molar-refractivity contribution < 1.29 is 19.1 Å². The molecule has 2 aromatic carbocycles. The van der Waals surface area contributed by atoms with Crippen LogP contribution < -0.4 is 20.1 Å². The lowest BCUT2D eigenvalue weighted by Crippen LogP contribution is -2.43. The first-order chi connectivity index (χ1) is 14.0. The van der Waals surface area contributed by atoms with Crippen LogP contribution in [0.2, 0.25) is 5.02 Å². The monoisotopic (exact) mass is 417 g/mol. The molecule has 7 nitrogen and oxygen atoms in total. The Hall–Kier alpha value is -2.93. The summed E-state index contributed by atoms with van der Waals surface area (Å²) >= 11 is 5.95. The Balaban J connectivity index is 1.52. The van der Waals surface area contributed by atoms with Gasteiger partial charge in [0.1, 0.15) is 0 Å². The minimum absolute atomic E-state index is 0.0629. The second kappa shape index (κ2) is 9.52. The number of hydrogen-bond acceptors (Lipinski definition) is 4. The number of anilines is 2. The predicted molar refractivity (Wildman–Crippen MR) is 113 cm³/mol. The van der Waals surface area contributed by atoms with Gasteiger partial charge in [0.15, 0.2) is 11.5 Å². The fraction of sp³-hybridized carbons (Fsp3) is 0.333. The molecule has 8 heteroatoms. The molecule has 154 valence electrons. The molecule has 0 atom stereocenters. The van der Waals surface area contributed by atoms with Gasteiger partial charge < -0.3 is 25.0 Å². The van der Waals surface area contributed by atoms with E-state index in [0.717, 1.165) is 0 Å². The summed E-state index contributed by atoms with van der Waals surface area (Å²) < 4.78 is 10.5. The van der Waals surface area contributed by atoms with Gasteiger partial charge in [-0.05, 0) is 43.2 Å². The number of nitrogens with zero attached hydrogens (tertiary/aromatic N) is 1. The van der Waals surface area contributed by atoms with Crippen LogP contribution in [-0.4, -0.2) is 44.1 Å². The van der Waals surface area contributed by atoms with Crippen molar-refractivity contribution in [2.24, 2.45) is 5.92 Å². The maximum Gasteiger partial charge on any atom is 0.321 e. The summed E-state index contributed by atoms with van der Waals surface area (Å²) in [6.45, 7) is 1.02. The number of ether oxygens (including phenoxy) is 2. The molecule has 1 heterocycles. The SMILES string of the molecule is COc1ccc(NC(=O)C2CCN(C(=O)Nc3cccc(Cl)c3)CC2)cc1OC. The Morgan fingerprint density at radius 1 is 0.966 bits per heavy atom. The molecule has 0 aromatic heterocycles. The number of rotatable bonds is 5. The molecule has 2 aromatic rings. The summed E-state index contributed by atoms with van der Waals surface area (Å²) in [5, 5.41) is 6.32. The molecule has 0 unspecified atom stereocenters. The van der Waals surface area contributed by atoms with Crippen molar-refractivity contribution in [1.29, 1.82) is 0 Å². The predicted octanol–water partition coefficient (Wildman–Crippen LogP) is 4.24. The molecule has 29 heavy (non-hydrogen) atoms. The maximum absolute atomic E-state index is 12.6. The van der Waals surface area contributed by atoms with E-state index in [4.69, 9.17) is 21.1 Å². The molecule has 2 N–H and O–H groups in total. The highest BCUT2D eigenvalue weighted by atomic mass is 35.5. The Bertz CT molecular complexity index is 882. The van der Waals surface area contributed by atoms with Gasteiger partial charge in [-0.3, -0.25) is 4.79 Å². The minimum atomic E-state index is -0.189. The van der Waals surface area contributed by atoms with Crippen molar-refractivity contribution in [3.63, 3.8) is 0 Å². The van der Waals surface area contributed by atoms with Crippen LogP contribution >= 0.6 is 11.6 Å². The average Bonchev–Trinajstić information content (AvgIpc) is 2.73. The molecule has 0 spiro atoms. The third-order valence-electron chi connectivity index (χ3n) is 4.88. The second-order valence-corrected chi connectivity index (χ2v) is 7.20. The molecule has 1 saturated heterocycles. The topological polar surface area (TPSA) is 79.9 Å². The number of piperidine rings is 1. The molecule has 0 aliphatic carbocycles. The van der Waals surface area contributed by atoms with Crippen molar-refractivity contribution in [2.45, 2.75) is 12.8 Å². The van der Waals surface area contributed by atoms with E-state index in [1.54, 1.807) is 61.6 Å². The number of methoxy groups -OCH3 is 2. The first-order valence-corrected chi connectivity index (χ1v) is 9.72. The number of carbonyl (C=O) groups excluding carboxylic acids is 2. The van der Waals surface area contributed by atoms with Crippen molar-refractivity contribution >= 4 is 34.9 Å². The average molecular weight is 418 g/mol. The van der Waals surface area contributed by atoms with E-state index in [-0.39, 0.29) is 17.9 Å². The Morgan fingerprint density at radius 2 is 1.66 bits per heavy atom. The highest BCUT2D eigenvalue weighted by Crippen LogP contribution is 2.30. The summed E-state index contributed by atoms with van der Waals surface area (Å²) in [4.78, 5) is 26.7. The highest BCUT2D eigenvalue weighted by Gasteiger charge is 2.27. The van der Waals surface area contributed by atoms with Gasteiger partial charge >= 0.3 is 6.03 Å². The molecule has 1 fully saturated rings. The van der Waals surface area contributed by atoms with E-state index in [2.05, 4.69) is 10.6 Å². The van der Waals surface area contributed by atoms with Crippen LogP contribution in [0.25, 0.3) is 0 Å². The van der Waals surface area contributed by atoms with E-state index < -0.39 is 0 Å². The quantitative estimate of drug-likeness (QED) is 0.762. The fourth-order valence-corrected chi connectivity index (χ4v) is 3.46. The van der Waals surface area contributed by atoms with Gasteiger partial charge in [-0.1, -0.05) is 17.7 Å². The van der Waals surface area contributed by atoms with E-state index in [1.807, 2.05) is 0 Å². The summed E-state index contributed by atoms with van der Waals surface area (Å²) in [5.41, 5.74) is 1.30. The van der Waals surface area contributed by atoms with Crippen molar-refractivity contribution in [3.8, 4) is 11.5 Å². The number of nitrogens with one attached hydrogen (secondary N) is 2. The van der Waals surface area contributed by atoms with Crippen molar-refractivity contribution in [1.82, 2.24) is 4.90 Å². The van der Waals surface area contributed by atoms with Gasteiger partial charge in [0.05, 0.1) is 14.2 Å². The van der Waals surface area contributed by atoms with Crippen LogP contribution in [0.3, 0.4) is 0 Å². The molecule has 3 amide bonds. The van der Waals surface area contributed by atoms with Crippen molar-refractivity contribution in [3.05, 3.63) is 47.5 Å². The molecular formula is C21H24ClN3O4. The van der Waals surface area contributed by atoms with E-state index in [0.29, 0.717) is 53.8 Å². The normalized spacial score (nSPS) is 14.2. The summed E-state index contributed by atoms with van der Waals surface area (Å²) in [5.74, 6) is 0.938. The van der Waals surface area contributed by atoms with Gasteiger partial charge in [0, 0.05) is 41.5 Å². The van der Waals surface area contributed by atoms with Crippen LogP contribution in [0.1, 0.15) is 12.8 Å². The van der Waals surface area contributed by atoms with Crippen LogP contribution in [0, 0.1) is 5.92 Å². The third-order valence-corrected chi connectivity index (χ3v) is 5.12. The third kappa shape index (κ3) is 5.32. The molecule has 0 bridgehead atoms. The zero-order chi connectivity index (χ0) is 20.8. The smallest absolute Gasteiger partial charge is 0.321 e. The zero-order valence-electron chi connectivity index (χ0n) is 16.4. The Morgan fingerprint density at radius 3 is 2.31 bits per heavy atom. The van der Waals surface area contributed by atoms with Gasteiger partial charge in [0.25, 0.3) is 0 Å². The van der Waals surface area contributed by atoms with Crippen LogP contribution in [0.5, 0.6) is 11.5 Å². The number of hydrogen-bond donors (Lipinski definition) is 2. The fourth-order valence-electron chi connectivity index (χ4n) is 3.27. The van der Waals surface area contributed by atoms with Crippen LogP contribution in [0.15, 0.2) is 42.5 Å². The number of carbonyl (C=O) groups is 2. The zero-order valence-corrected chi connectivity index (χ0v) is 17.2. The second-order valence-electron chi connectivity index (χ2n) is 6.76. The lowest BCUT2D eigenvalue weighted by Gasteiger charge is -2.31. The lowest BCUT2D eigenvalue weighted by atomic mass is 9.96. The largest absolute Gasteiger partial charge is 0.493 e. The van der Waals surface area contributed by atoms with Gasteiger partial charge in [-0.15, -0.1) is 0 Å². The molecule has 1 aliphatic rings. The minimum Gasteiger partial charge on any atom is -0.493 e. The first-order valence-electron chi connectivity index (χ1n) is 9.34. The van der Waals surface area contributed by atoms with E-state index >= 15 is 0 Å². The molecule has 1 aliphatic heterocycles. The van der Waals surface area contributed by atoms with Gasteiger partial charge in [-0.2, -0.15) is 0 Å². The molecule has 0 saturated carbocycles. The number of halogens is 1. The summed E-state index contributed by atoms with van der Waals surface area (Å²) in [6, 6.07) is 12.1. The molecular weight excluding hydrogens is 394 g/mol. The summed E-state index contributed by atoms with van der Waals surface area (Å²) in [6.07, 6.45) is 1.20. The number of amides is 3. The Labute approximate surface area is 174 Å². The van der Waals surface area contributed by atoms with E-state index in [1.165, 1.54) is 0 Å². The van der Waals surface area contributed by atoms with E-state index in [9.17, 15) is 9.59 Å². The maximum atomic E-state index is 12.6. The Kier molecular flexibility index (Phi) is 6.82. The van der Waals surface area contributed by atoms with Gasteiger partial charge in [-0.25, -0.2) is 4.79 Å². The molecule has 3 rings (SSSR count). The number of urea groups is 1. The summed E-state index contributed by atoms with van der Waals surface area (Å²) in [7, 11) is 3.11. The first kappa shape index (κ1) is 20.8. The lowest BCUT2D eigenvalue weighted by molar-refractivity contribution is -0.121. The van der Waals surface area contributed by atoms with Crippen molar-refractivity contribution in [2.75, 3.05) is 37.9 Å². The van der Waals surface area contributed by atoms with Crippen LogP contribution in [-0.2, 0) is 4.79 Å². The number of benzene rings is 2. The number of likely N-dealkylation sites (tertiary alicyclic amines) is 1. The standard InChI is InChI=1S/C21H24ClN3O4/c1-28-18-7-6-17(13-19(18)29-2)23-20(26)14-8-10-25(11-9-14)21(27)24-16-5-3-4-15(22)12-16/h3-7,12-14H,8-11H2,1-2H3,(H,23,26)(H,24,27). The van der Waals surface area contributed by atoms with Gasteiger partial charge in [0.2, 0.25) is 5.91 Å².